The summed E-state index contributed by atoms with van der Waals surface area (Å²) < 4.78 is 53.0. The Morgan fingerprint density at radius 2 is 1.78 bits per heavy atom. The van der Waals surface area contributed by atoms with Gasteiger partial charge in [-0.05, 0) is 36.8 Å². The number of rotatable bonds is 7. The second kappa shape index (κ2) is 8.72. The predicted octanol–water partition coefficient (Wildman–Crippen LogP) is 3.58. The van der Waals surface area contributed by atoms with Crippen LogP contribution in [0.3, 0.4) is 0 Å². The van der Waals surface area contributed by atoms with Gasteiger partial charge in [0.1, 0.15) is 17.6 Å². The number of esters is 1. The number of alkyl halides is 3. The third-order valence-electron chi connectivity index (χ3n) is 3.57. The lowest BCUT2D eigenvalue weighted by Crippen LogP contribution is -2.39. The third kappa shape index (κ3) is 5.58. The molecule has 0 bridgehead atoms. The zero-order chi connectivity index (χ0) is 20.0. The third-order valence-corrected chi connectivity index (χ3v) is 3.57. The molecule has 1 aromatic carbocycles. The average Bonchev–Trinajstić information content (AvgIpc) is 2.66. The van der Waals surface area contributed by atoms with E-state index >= 15 is 0 Å². The summed E-state index contributed by atoms with van der Waals surface area (Å²) in [5.41, 5.74) is -0.873. The molecule has 0 saturated carbocycles. The number of methoxy groups -OCH3 is 1. The van der Waals surface area contributed by atoms with Gasteiger partial charge in [0.05, 0.1) is 12.7 Å². The number of ether oxygens (including phenoxy) is 3. The fraction of sp³-hybridized carbons (Fsp3) is 0.333. The van der Waals surface area contributed by atoms with Gasteiger partial charge in [-0.3, -0.25) is 0 Å². The number of aliphatic hydroxyl groups excluding tert-OH is 1. The quantitative estimate of drug-likeness (QED) is 0.734. The second-order valence-electron chi connectivity index (χ2n) is 5.49. The molecule has 0 aliphatic rings. The summed E-state index contributed by atoms with van der Waals surface area (Å²) >= 11 is 0. The van der Waals surface area contributed by atoms with Gasteiger partial charge in [0.15, 0.2) is 0 Å². The van der Waals surface area contributed by atoms with Gasteiger partial charge in [-0.1, -0.05) is 6.92 Å². The Morgan fingerprint density at radius 3 is 2.26 bits per heavy atom. The van der Waals surface area contributed by atoms with Crippen molar-refractivity contribution >= 4 is 5.97 Å². The number of carbonyl (C=O) groups is 1. The maximum atomic E-state index is 12.5. The highest BCUT2D eigenvalue weighted by Crippen LogP contribution is 2.30. The summed E-state index contributed by atoms with van der Waals surface area (Å²) in [6.07, 6.45) is -5.71. The van der Waals surface area contributed by atoms with Gasteiger partial charge in [0.25, 0.3) is 0 Å². The summed E-state index contributed by atoms with van der Waals surface area (Å²) in [5.74, 6) is -0.130. The van der Waals surface area contributed by atoms with Crippen LogP contribution < -0.4 is 9.47 Å². The van der Waals surface area contributed by atoms with Crippen LogP contribution in [0.15, 0.2) is 42.6 Å². The topological polar surface area (TPSA) is 77.9 Å². The highest BCUT2D eigenvalue weighted by Gasteiger charge is 2.31. The van der Waals surface area contributed by atoms with E-state index in [4.69, 9.17) is 9.47 Å². The summed E-state index contributed by atoms with van der Waals surface area (Å²) in [7, 11) is 1.19. The first-order chi connectivity index (χ1) is 12.7. The number of carbonyl (C=O) groups excluding carboxylic acids is 1. The zero-order valence-electron chi connectivity index (χ0n) is 14.6. The standard InChI is InChI=1S/C18H18F3NO5/c1-3-14(23)16(17(24)25-2)27-13-7-5-12(6-8-13)26-15-9-4-11(10-22-15)18(19,20)21/h4-10,14,16,23H,3H2,1-2H3. The molecule has 6 nitrogen and oxygen atoms in total. The van der Waals surface area contributed by atoms with E-state index in [1.165, 1.54) is 31.4 Å². The normalized spacial score (nSPS) is 13.6. The lowest BCUT2D eigenvalue weighted by atomic mass is 10.1. The summed E-state index contributed by atoms with van der Waals surface area (Å²) in [6.45, 7) is 1.69. The molecule has 2 aromatic rings. The second-order valence-corrected chi connectivity index (χ2v) is 5.49. The van der Waals surface area contributed by atoms with Crippen LogP contribution in [0.25, 0.3) is 0 Å². The van der Waals surface area contributed by atoms with E-state index in [0.29, 0.717) is 18.4 Å². The van der Waals surface area contributed by atoms with Crippen LogP contribution in [0.4, 0.5) is 13.2 Å². The van der Waals surface area contributed by atoms with E-state index in [0.717, 1.165) is 12.1 Å². The largest absolute Gasteiger partial charge is 0.476 e. The van der Waals surface area contributed by atoms with Crippen molar-refractivity contribution in [2.24, 2.45) is 0 Å². The van der Waals surface area contributed by atoms with Crippen molar-refractivity contribution in [2.45, 2.75) is 31.7 Å². The molecule has 1 aromatic heterocycles. The van der Waals surface area contributed by atoms with Crippen LogP contribution >= 0.6 is 0 Å². The van der Waals surface area contributed by atoms with Crippen LogP contribution in [0, 0.1) is 0 Å². The lowest BCUT2D eigenvalue weighted by molar-refractivity contribution is -0.154. The molecule has 2 unspecified atom stereocenters. The number of halogens is 3. The number of aliphatic hydroxyl groups is 1. The molecule has 0 aliphatic heterocycles. The Morgan fingerprint density at radius 1 is 1.15 bits per heavy atom. The Kier molecular flexibility index (Phi) is 6.62. The van der Waals surface area contributed by atoms with Crippen LogP contribution in [-0.2, 0) is 15.7 Å². The van der Waals surface area contributed by atoms with Gasteiger partial charge < -0.3 is 19.3 Å². The summed E-state index contributed by atoms with van der Waals surface area (Å²) in [4.78, 5) is 15.3. The smallest absolute Gasteiger partial charge is 0.417 e. The Balaban J connectivity index is 2.05. The fourth-order valence-corrected chi connectivity index (χ4v) is 2.08. The van der Waals surface area contributed by atoms with Gasteiger partial charge in [0, 0.05) is 12.3 Å². The molecule has 1 N–H and O–H groups in total. The van der Waals surface area contributed by atoms with Crippen LogP contribution in [-0.4, -0.2) is 35.4 Å². The van der Waals surface area contributed by atoms with E-state index < -0.39 is 29.9 Å². The van der Waals surface area contributed by atoms with E-state index in [1.54, 1.807) is 6.92 Å². The number of aromatic nitrogens is 1. The lowest BCUT2D eigenvalue weighted by Gasteiger charge is -2.21. The molecule has 9 heteroatoms. The molecular weight excluding hydrogens is 367 g/mol. The molecule has 2 atom stereocenters. The molecule has 146 valence electrons. The maximum absolute atomic E-state index is 12.5. The molecule has 0 radical (unpaired) electrons. The number of nitrogens with zero attached hydrogens (tertiary/aromatic N) is 1. The fourth-order valence-electron chi connectivity index (χ4n) is 2.08. The average molecular weight is 385 g/mol. The number of benzene rings is 1. The van der Waals surface area contributed by atoms with Crippen molar-refractivity contribution in [3.8, 4) is 17.4 Å². The van der Waals surface area contributed by atoms with Crippen molar-refractivity contribution in [1.82, 2.24) is 4.98 Å². The van der Waals surface area contributed by atoms with Crippen molar-refractivity contribution in [1.29, 1.82) is 0 Å². The molecule has 0 amide bonds. The molecule has 0 fully saturated rings. The Labute approximate surface area is 153 Å². The van der Waals surface area contributed by atoms with E-state index in [2.05, 4.69) is 9.72 Å². The maximum Gasteiger partial charge on any atom is 0.417 e. The van der Waals surface area contributed by atoms with Crippen molar-refractivity contribution in [2.75, 3.05) is 7.11 Å². The van der Waals surface area contributed by atoms with Gasteiger partial charge in [0.2, 0.25) is 12.0 Å². The summed E-state index contributed by atoms with van der Waals surface area (Å²) in [6, 6.07) is 7.92. The first-order valence-electron chi connectivity index (χ1n) is 7.98. The number of hydrogen-bond acceptors (Lipinski definition) is 6. The highest BCUT2D eigenvalue weighted by atomic mass is 19.4. The van der Waals surface area contributed by atoms with Crippen molar-refractivity contribution in [3.63, 3.8) is 0 Å². The van der Waals surface area contributed by atoms with Gasteiger partial charge in [-0.25, -0.2) is 9.78 Å². The highest BCUT2D eigenvalue weighted by molar-refractivity contribution is 5.75. The minimum Gasteiger partial charge on any atom is -0.476 e. The van der Waals surface area contributed by atoms with E-state index in [-0.39, 0.29) is 11.6 Å². The molecule has 27 heavy (non-hydrogen) atoms. The van der Waals surface area contributed by atoms with Gasteiger partial charge >= 0.3 is 12.1 Å². The first kappa shape index (κ1) is 20.5. The minimum atomic E-state index is -4.47. The molecule has 2 rings (SSSR count). The Bertz CT molecular complexity index is 747. The minimum absolute atomic E-state index is 0.00879. The molecule has 0 spiro atoms. The first-order valence-corrected chi connectivity index (χ1v) is 7.98. The van der Waals surface area contributed by atoms with Crippen molar-refractivity contribution in [3.05, 3.63) is 48.2 Å². The SMILES string of the molecule is CCC(O)C(Oc1ccc(Oc2ccc(C(F)(F)F)cn2)cc1)C(=O)OC. The predicted molar refractivity (Wildman–Crippen MR) is 88.5 cm³/mol. The molecule has 0 saturated heterocycles. The van der Waals surface area contributed by atoms with Crippen LogP contribution in [0.5, 0.6) is 17.4 Å². The summed E-state index contributed by atoms with van der Waals surface area (Å²) in [5, 5.41) is 9.87. The number of pyridine rings is 1. The van der Waals surface area contributed by atoms with E-state index in [1.807, 2.05) is 0 Å². The van der Waals surface area contributed by atoms with E-state index in [9.17, 15) is 23.1 Å². The molecule has 1 heterocycles. The number of hydrogen-bond donors (Lipinski definition) is 1. The van der Waals surface area contributed by atoms with Gasteiger partial charge in [-0.2, -0.15) is 13.2 Å². The molecular formula is C18H18F3NO5. The van der Waals surface area contributed by atoms with Crippen LogP contribution in [0.1, 0.15) is 18.9 Å². The monoisotopic (exact) mass is 385 g/mol. The molecule has 0 aliphatic carbocycles. The Hall–Kier alpha value is -2.81. The van der Waals surface area contributed by atoms with Gasteiger partial charge in [-0.15, -0.1) is 0 Å². The zero-order valence-corrected chi connectivity index (χ0v) is 14.6. The van der Waals surface area contributed by atoms with Crippen molar-refractivity contribution < 1.29 is 37.3 Å². The van der Waals surface area contributed by atoms with Crippen LogP contribution in [0.2, 0.25) is 0 Å².